The van der Waals surface area contributed by atoms with Crippen molar-refractivity contribution in [3.05, 3.63) is 59.9 Å². The second-order valence-corrected chi connectivity index (χ2v) is 8.72. The van der Waals surface area contributed by atoms with Gasteiger partial charge in [-0.2, -0.15) is 10.3 Å². The molecule has 0 aliphatic rings. The second kappa shape index (κ2) is 12.0. The Kier molecular flexibility index (Phi) is 8.50. The third kappa shape index (κ3) is 5.50. The molecular weight excluding hydrogens is 456 g/mol. The maximum Gasteiger partial charge on any atom is 0.231 e. The third-order valence-electron chi connectivity index (χ3n) is 6.34. The van der Waals surface area contributed by atoms with Crippen LogP contribution < -0.4 is 0 Å². The van der Waals surface area contributed by atoms with Crippen molar-refractivity contribution in [3.8, 4) is 22.5 Å². The van der Waals surface area contributed by atoms with Gasteiger partial charge in [0.2, 0.25) is 17.4 Å². The van der Waals surface area contributed by atoms with Crippen LogP contribution in [0.15, 0.2) is 42.7 Å². The Labute approximate surface area is 211 Å². The Morgan fingerprint density at radius 2 is 1.78 bits per heavy atom. The molecule has 4 rings (SSSR count). The first kappa shape index (κ1) is 25.6. The van der Waals surface area contributed by atoms with Crippen molar-refractivity contribution in [2.45, 2.75) is 64.7 Å². The summed E-state index contributed by atoms with van der Waals surface area (Å²) in [7, 11) is 3.30. The minimum Gasteiger partial charge on any atom is -0.347 e. The highest BCUT2D eigenvalue weighted by atomic mass is 16.7. The lowest BCUT2D eigenvalue weighted by Gasteiger charge is -2.27. The van der Waals surface area contributed by atoms with E-state index in [4.69, 9.17) is 19.6 Å². The van der Waals surface area contributed by atoms with Crippen molar-refractivity contribution in [3.63, 3.8) is 0 Å². The van der Waals surface area contributed by atoms with E-state index in [1.807, 2.05) is 10.7 Å². The molecule has 3 aromatic heterocycles. The zero-order chi connectivity index (χ0) is 25.4. The van der Waals surface area contributed by atoms with E-state index in [0.29, 0.717) is 24.5 Å². The highest BCUT2D eigenvalue weighted by molar-refractivity contribution is 5.79. The lowest BCUT2D eigenvalue weighted by molar-refractivity contribution is -0.225. The number of pyridine rings is 1. The number of aromatic amines is 1. The number of hydrogen-bond donors (Lipinski definition) is 1. The van der Waals surface area contributed by atoms with Gasteiger partial charge in [-0.15, -0.1) is 10.2 Å². The van der Waals surface area contributed by atoms with Crippen LogP contribution >= 0.6 is 0 Å². The molecule has 0 bridgehead atoms. The fraction of sp³-hybridized carbons (Fsp3) is 0.462. The van der Waals surface area contributed by atoms with E-state index in [0.717, 1.165) is 60.3 Å². The lowest BCUT2D eigenvalue weighted by Crippen LogP contribution is -2.32. The van der Waals surface area contributed by atoms with Crippen molar-refractivity contribution >= 4 is 0 Å². The van der Waals surface area contributed by atoms with Crippen molar-refractivity contribution in [1.82, 2.24) is 40.4 Å². The molecule has 0 aliphatic carbocycles. The van der Waals surface area contributed by atoms with E-state index < -0.39 is 5.79 Å². The number of aryl methyl sites for hydroxylation is 1. The summed E-state index contributed by atoms with van der Waals surface area (Å²) in [4.78, 5) is 9.14. The van der Waals surface area contributed by atoms with Crippen LogP contribution in [0.5, 0.6) is 0 Å². The van der Waals surface area contributed by atoms with Crippen molar-refractivity contribution in [1.29, 1.82) is 0 Å². The van der Waals surface area contributed by atoms with Gasteiger partial charge in [0.15, 0.2) is 0 Å². The molecule has 0 amide bonds. The standard InChI is InChI=1S/C26H34N8O2/c1-5-7-8-16-34-23(28-25(31-34)26(35-3,36-4)14-6-2)17-19-9-11-20(12-10-19)21-13-15-27-18-22(21)24-29-32-33-30-24/h9-13,15,18H,5-8,14,16-17H2,1-4H3,(H,29,30,32,33). The predicted octanol–water partition coefficient (Wildman–Crippen LogP) is 4.55. The summed E-state index contributed by atoms with van der Waals surface area (Å²) >= 11 is 0. The number of nitrogens with one attached hydrogen (secondary N) is 1. The molecule has 1 aromatic carbocycles. The Morgan fingerprint density at radius 1 is 0.972 bits per heavy atom. The van der Waals surface area contributed by atoms with Gasteiger partial charge >= 0.3 is 0 Å². The number of methoxy groups -OCH3 is 2. The summed E-state index contributed by atoms with van der Waals surface area (Å²) in [5.41, 5.74) is 4.01. The van der Waals surface area contributed by atoms with Gasteiger partial charge in [0.1, 0.15) is 5.82 Å². The van der Waals surface area contributed by atoms with Gasteiger partial charge in [-0.1, -0.05) is 57.4 Å². The first-order valence-corrected chi connectivity index (χ1v) is 12.5. The fourth-order valence-corrected chi connectivity index (χ4v) is 4.35. The van der Waals surface area contributed by atoms with Crippen LogP contribution in [0.2, 0.25) is 0 Å². The van der Waals surface area contributed by atoms with Crippen LogP contribution in [-0.4, -0.2) is 54.6 Å². The third-order valence-corrected chi connectivity index (χ3v) is 6.34. The van der Waals surface area contributed by atoms with E-state index in [1.165, 1.54) is 0 Å². The Hall–Kier alpha value is -3.50. The number of tetrazole rings is 1. The smallest absolute Gasteiger partial charge is 0.231 e. The topological polar surface area (TPSA) is 117 Å². The van der Waals surface area contributed by atoms with Crippen LogP contribution in [0.1, 0.15) is 63.2 Å². The van der Waals surface area contributed by atoms with Gasteiger partial charge in [-0.05, 0) is 34.4 Å². The molecule has 10 heteroatoms. The van der Waals surface area contributed by atoms with Gasteiger partial charge in [0.25, 0.3) is 0 Å². The number of benzene rings is 1. The number of H-pyrrole nitrogens is 1. The van der Waals surface area contributed by atoms with Gasteiger partial charge in [0.05, 0.1) is 0 Å². The lowest BCUT2D eigenvalue weighted by atomic mass is 9.99. The number of hydrogen-bond acceptors (Lipinski definition) is 8. The molecule has 4 aromatic rings. The molecule has 0 radical (unpaired) electrons. The molecule has 3 heterocycles. The van der Waals surface area contributed by atoms with Crippen molar-refractivity contribution < 1.29 is 9.47 Å². The molecule has 190 valence electrons. The highest BCUT2D eigenvalue weighted by Gasteiger charge is 2.36. The monoisotopic (exact) mass is 490 g/mol. The van der Waals surface area contributed by atoms with Crippen LogP contribution in [0, 0.1) is 0 Å². The summed E-state index contributed by atoms with van der Waals surface area (Å²) < 4.78 is 13.6. The SMILES string of the molecule is CCCCCn1nc(C(CCC)(OC)OC)nc1Cc1ccc(-c2ccncc2-c2nn[nH]n2)cc1. The van der Waals surface area contributed by atoms with E-state index >= 15 is 0 Å². The van der Waals surface area contributed by atoms with E-state index in [9.17, 15) is 0 Å². The average Bonchev–Trinajstić information content (AvgIpc) is 3.59. The van der Waals surface area contributed by atoms with Crippen LogP contribution in [0.4, 0.5) is 0 Å². The predicted molar refractivity (Wildman–Crippen MR) is 136 cm³/mol. The Bertz CT molecular complexity index is 1220. The largest absolute Gasteiger partial charge is 0.347 e. The molecule has 0 saturated carbocycles. The van der Waals surface area contributed by atoms with Gasteiger partial charge < -0.3 is 9.47 Å². The zero-order valence-electron chi connectivity index (χ0n) is 21.4. The number of ether oxygens (including phenoxy) is 2. The zero-order valence-corrected chi connectivity index (χ0v) is 21.4. The molecule has 10 nitrogen and oxygen atoms in total. The number of unbranched alkanes of at least 4 members (excludes halogenated alkanes) is 2. The van der Waals surface area contributed by atoms with Gasteiger partial charge in [0, 0.05) is 51.6 Å². The molecule has 0 unspecified atom stereocenters. The molecule has 1 N–H and O–H groups in total. The van der Waals surface area contributed by atoms with Crippen LogP contribution in [0.25, 0.3) is 22.5 Å². The first-order chi connectivity index (χ1) is 17.6. The van der Waals surface area contributed by atoms with Crippen LogP contribution in [0.3, 0.4) is 0 Å². The second-order valence-electron chi connectivity index (χ2n) is 8.72. The molecular formula is C26H34N8O2. The molecule has 0 spiro atoms. The fourth-order valence-electron chi connectivity index (χ4n) is 4.35. The number of aromatic nitrogens is 8. The van der Waals surface area contributed by atoms with Gasteiger partial charge in [-0.25, -0.2) is 9.67 Å². The normalized spacial score (nSPS) is 11.8. The Morgan fingerprint density at radius 3 is 2.44 bits per heavy atom. The van der Waals surface area contributed by atoms with Crippen molar-refractivity contribution in [2.75, 3.05) is 14.2 Å². The summed E-state index contributed by atoms with van der Waals surface area (Å²) in [5, 5.41) is 19.2. The molecule has 0 atom stereocenters. The maximum atomic E-state index is 5.78. The highest BCUT2D eigenvalue weighted by Crippen LogP contribution is 2.31. The maximum absolute atomic E-state index is 5.78. The molecule has 0 fully saturated rings. The minimum atomic E-state index is -0.934. The number of rotatable bonds is 13. The summed E-state index contributed by atoms with van der Waals surface area (Å²) in [6.07, 6.45) is 9.09. The van der Waals surface area contributed by atoms with E-state index in [-0.39, 0.29) is 0 Å². The number of nitrogens with zero attached hydrogens (tertiary/aromatic N) is 7. The van der Waals surface area contributed by atoms with Crippen molar-refractivity contribution in [2.24, 2.45) is 0 Å². The summed E-state index contributed by atoms with van der Waals surface area (Å²) in [6.45, 7) is 5.11. The van der Waals surface area contributed by atoms with Crippen LogP contribution in [-0.2, 0) is 28.2 Å². The average molecular weight is 491 g/mol. The molecule has 36 heavy (non-hydrogen) atoms. The molecule has 0 aliphatic heterocycles. The Balaban J connectivity index is 1.61. The van der Waals surface area contributed by atoms with E-state index in [2.05, 4.69) is 63.7 Å². The summed E-state index contributed by atoms with van der Waals surface area (Å²) in [5.74, 6) is 1.07. The summed E-state index contributed by atoms with van der Waals surface area (Å²) in [6, 6.07) is 10.4. The quantitative estimate of drug-likeness (QED) is 0.214. The minimum absolute atomic E-state index is 0.515. The van der Waals surface area contributed by atoms with E-state index in [1.54, 1.807) is 26.6 Å². The van der Waals surface area contributed by atoms with Gasteiger partial charge in [-0.3, -0.25) is 4.98 Å². The first-order valence-electron chi connectivity index (χ1n) is 12.5. The molecule has 0 saturated heterocycles.